The first-order chi connectivity index (χ1) is 5.77. The summed E-state index contributed by atoms with van der Waals surface area (Å²) < 4.78 is 4.66. The molecule has 64 valence electrons. The zero-order valence-corrected chi connectivity index (χ0v) is 6.62. The molecule has 3 heteroatoms. The quantitative estimate of drug-likeness (QED) is 0.544. The van der Waals surface area contributed by atoms with Crippen molar-refractivity contribution in [2.45, 2.75) is 25.6 Å². The molecule has 2 aliphatic rings. The molecule has 1 heterocycles. The van der Waals surface area contributed by atoms with Crippen LogP contribution in [-0.4, -0.2) is 17.4 Å². The van der Waals surface area contributed by atoms with Crippen LogP contribution in [-0.2, 0) is 9.53 Å². The Bertz CT molecular complexity index is 275. The van der Waals surface area contributed by atoms with Crippen LogP contribution in [0.25, 0.3) is 0 Å². The summed E-state index contributed by atoms with van der Waals surface area (Å²) in [6.45, 7) is 0. The van der Waals surface area contributed by atoms with Gasteiger partial charge in [0, 0.05) is 6.42 Å². The molecule has 1 atom stereocenters. The number of ether oxygens (including phenoxy) is 1. The Hall–Kier alpha value is -1.09. The van der Waals surface area contributed by atoms with Gasteiger partial charge in [0.05, 0.1) is 5.57 Å². The minimum atomic E-state index is -0.928. The van der Waals surface area contributed by atoms with Crippen LogP contribution >= 0.6 is 0 Å². The molecule has 1 N–H and O–H groups in total. The fourth-order valence-corrected chi connectivity index (χ4v) is 1.58. The highest BCUT2D eigenvalue weighted by Crippen LogP contribution is 2.28. The summed E-state index contributed by atoms with van der Waals surface area (Å²) in [7, 11) is 0. The average molecular weight is 166 g/mol. The number of aliphatic hydroxyl groups is 1. The number of aliphatic hydroxyl groups excluding tert-OH is 1. The van der Waals surface area contributed by atoms with Gasteiger partial charge in [-0.2, -0.15) is 0 Å². The van der Waals surface area contributed by atoms with Gasteiger partial charge in [-0.15, -0.1) is 0 Å². The molecule has 0 radical (unpaired) electrons. The van der Waals surface area contributed by atoms with E-state index >= 15 is 0 Å². The van der Waals surface area contributed by atoms with E-state index in [2.05, 4.69) is 4.74 Å². The fraction of sp³-hybridized carbons (Fsp3) is 0.444. The van der Waals surface area contributed by atoms with E-state index in [1.165, 1.54) is 0 Å². The zero-order valence-electron chi connectivity index (χ0n) is 6.62. The second kappa shape index (κ2) is 2.75. The van der Waals surface area contributed by atoms with Gasteiger partial charge in [-0.3, -0.25) is 0 Å². The number of hydrogen-bond acceptors (Lipinski definition) is 3. The van der Waals surface area contributed by atoms with Crippen LogP contribution in [0.3, 0.4) is 0 Å². The summed E-state index contributed by atoms with van der Waals surface area (Å²) in [4.78, 5) is 11.1. The van der Waals surface area contributed by atoms with Crippen molar-refractivity contribution in [2.75, 3.05) is 0 Å². The predicted octanol–water partition coefficient (Wildman–Crippen LogP) is 0.898. The number of carbonyl (C=O) groups excluding carboxylic acids is 1. The summed E-state index contributed by atoms with van der Waals surface area (Å²) in [5.74, 6) is -0.389. The van der Waals surface area contributed by atoms with E-state index in [-0.39, 0.29) is 5.97 Å². The lowest BCUT2D eigenvalue weighted by Crippen LogP contribution is -2.26. The smallest absolute Gasteiger partial charge is 0.340 e. The highest BCUT2D eigenvalue weighted by molar-refractivity contribution is 5.93. The molecule has 0 bridgehead atoms. The van der Waals surface area contributed by atoms with Gasteiger partial charge in [-0.25, -0.2) is 4.79 Å². The molecule has 1 aliphatic heterocycles. The van der Waals surface area contributed by atoms with Gasteiger partial charge >= 0.3 is 5.97 Å². The number of hydrogen-bond donors (Lipinski definition) is 1. The average Bonchev–Trinajstić information content (AvgIpc) is 2.04. The standard InChI is InChI=1S/C9H10O3/c10-8-5-6-3-1-2-4-7(6)9(11)12-8/h2,4,8,10H,1,3,5H2. The van der Waals surface area contributed by atoms with Crippen molar-refractivity contribution in [3.63, 3.8) is 0 Å². The molecule has 12 heavy (non-hydrogen) atoms. The van der Waals surface area contributed by atoms with Crippen molar-refractivity contribution in [2.24, 2.45) is 0 Å². The van der Waals surface area contributed by atoms with Crippen molar-refractivity contribution in [1.29, 1.82) is 0 Å². The summed E-state index contributed by atoms with van der Waals surface area (Å²) in [6, 6.07) is 0. The third-order valence-corrected chi connectivity index (χ3v) is 2.16. The SMILES string of the molecule is O=C1OC(O)CC2=C1C=CCC2. The van der Waals surface area contributed by atoms with Gasteiger partial charge in [-0.1, -0.05) is 12.2 Å². The lowest BCUT2D eigenvalue weighted by molar-refractivity contribution is -0.164. The molecule has 0 spiro atoms. The van der Waals surface area contributed by atoms with E-state index in [1.54, 1.807) is 6.08 Å². The summed E-state index contributed by atoms with van der Waals surface area (Å²) in [6.07, 6.45) is 5.12. The molecule has 0 aromatic carbocycles. The number of cyclic esters (lactones) is 1. The lowest BCUT2D eigenvalue weighted by atomic mass is 9.93. The van der Waals surface area contributed by atoms with Crippen molar-refractivity contribution in [3.8, 4) is 0 Å². The molecule has 0 aromatic rings. The Kier molecular flexibility index (Phi) is 1.73. The maximum atomic E-state index is 11.1. The highest BCUT2D eigenvalue weighted by atomic mass is 16.6. The minimum Gasteiger partial charge on any atom is -0.432 e. The molecular formula is C9H10O3. The third kappa shape index (κ3) is 1.16. The van der Waals surface area contributed by atoms with Gasteiger partial charge in [0.1, 0.15) is 0 Å². The van der Waals surface area contributed by atoms with E-state index in [0.29, 0.717) is 12.0 Å². The number of allylic oxidation sites excluding steroid dienone is 1. The second-order valence-electron chi connectivity index (χ2n) is 3.02. The van der Waals surface area contributed by atoms with Gasteiger partial charge in [0.25, 0.3) is 0 Å². The van der Waals surface area contributed by atoms with Crippen molar-refractivity contribution in [1.82, 2.24) is 0 Å². The molecule has 1 aliphatic carbocycles. The molecule has 3 nitrogen and oxygen atoms in total. The predicted molar refractivity (Wildman–Crippen MR) is 42.1 cm³/mol. The van der Waals surface area contributed by atoms with Crippen LogP contribution in [0.1, 0.15) is 19.3 Å². The van der Waals surface area contributed by atoms with Crippen LogP contribution in [0.4, 0.5) is 0 Å². The molecule has 0 saturated heterocycles. The van der Waals surface area contributed by atoms with E-state index in [0.717, 1.165) is 18.4 Å². The van der Waals surface area contributed by atoms with E-state index in [4.69, 9.17) is 5.11 Å². The van der Waals surface area contributed by atoms with Crippen molar-refractivity contribution >= 4 is 5.97 Å². The lowest BCUT2D eigenvalue weighted by Gasteiger charge is -2.23. The first kappa shape index (κ1) is 7.55. The van der Waals surface area contributed by atoms with Crippen LogP contribution in [0, 0.1) is 0 Å². The Morgan fingerprint density at radius 2 is 2.42 bits per heavy atom. The van der Waals surface area contributed by atoms with E-state index in [1.807, 2.05) is 6.08 Å². The Labute approximate surface area is 70.3 Å². The second-order valence-corrected chi connectivity index (χ2v) is 3.02. The Morgan fingerprint density at radius 3 is 3.25 bits per heavy atom. The van der Waals surface area contributed by atoms with Crippen LogP contribution < -0.4 is 0 Å². The summed E-state index contributed by atoms with van der Waals surface area (Å²) in [5.41, 5.74) is 1.67. The van der Waals surface area contributed by atoms with E-state index in [9.17, 15) is 4.79 Å². The van der Waals surface area contributed by atoms with Gasteiger partial charge in [0.2, 0.25) is 6.29 Å². The van der Waals surface area contributed by atoms with E-state index < -0.39 is 6.29 Å². The Morgan fingerprint density at radius 1 is 1.58 bits per heavy atom. The largest absolute Gasteiger partial charge is 0.432 e. The molecule has 0 saturated carbocycles. The maximum absolute atomic E-state index is 11.1. The number of rotatable bonds is 0. The Balaban J connectivity index is 2.33. The molecule has 0 amide bonds. The first-order valence-electron chi connectivity index (χ1n) is 4.05. The van der Waals surface area contributed by atoms with Crippen LogP contribution in [0.2, 0.25) is 0 Å². The first-order valence-corrected chi connectivity index (χ1v) is 4.05. The minimum absolute atomic E-state index is 0.389. The number of esters is 1. The fourth-order valence-electron chi connectivity index (χ4n) is 1.58. The molecule has 0 fully saturated rings. The summed E-state index contributed by atoms with van der Waals surface area (Å²) >= 11 is 0. The molecule has 0 aromatic heterocycles. The van der Waals surface area contributed by atoms with Gasteiger partial charge in [-0.05, 0) is 18.4 Å². The monoisotopic (exact) mass is 166 g/mol. The molecule has 1 unspecified atom stereocenters. The summed E-state index contributed by atoms with van der Waals surface area (Å²) in [5, 5.41) is 9.12. The molecular weight excluding hydrogens is 156 g/mol. The van der Waals surface area contributed by atoms with Gasteiger partial charge in [0.15, 0.2) is 0 Å². The number of carbonyl (C=O) groups is 1. The third-order valence-electron chi connectivity index (χ3n) is 2.16. The molecule has 2 rings (SSSR count). The normalized spacial score (nSPS) is 28.4. The topological polar surface area (TPSA) is 46.5 Å². The van der Waals surface area contributed by atoms with Crippen molar-refractivity contribution < 1.29 is 14.6 Å². The van der Waals surface area contributed by atoms with Crippen molar-refractivity contribution in [3.05, 3.63) is 23.3 Å². The van der Waals surface area contributed by atoms with Crippen LogP contribution in [0.5, 0.6) is 0 Å². The van der Waals surface area contributed by atoms with Crippen LogP contribution in [0.15, 0.2) is 23.3 Å². The highest BCUT2D eigenvalue weighted by Gasteiger charge is 2.26. The zero-order chi connectivity index (χ0) is 8.55. The maximum Gasteiger partial charge on any atom is 0.340 e. The van der Waals surface area contributed by atoms with Gasteiger partial charge < -0.3 is 9.84 Å².